The van der Waals surface area contributed by atoms with Gasteiger partial charge in [-0.05, 0) is 12.3 Å². The van der Waals surface area contributed by atoms with Crippen molar-refractivity contribution in [3.63, 3.8) is 0 Å². The molecule has 1 N–H and O–H groups in total. The second-order valence-electron chi connectivity index (χ2n) is 5.98. The van der Waals surface area contributed by atoms with E-state index < -0.39 is 0 Å². The van der Waals surface area contributed by atoms with Crippen molar-refractivity contribution in [3.8, 4) is 0 Å². The Morgan fingerprint density at radius 3 is 2.06 bits per heavy atom. The molecule has 0 saturated heterocycles. The molecule has 0 aromatic carbocycles. The van der Waals surface area contributed by atoms with Gasteiger partial charge in [-0.2, -0.15) is 0 Å². The van der Waals surface area contributed by atoms with Gasteiger partial charge in [0.2, 0.25) is 0 Å². The van der Waals surface area contributed by atoms with Gasteiger partial charge in [-0.1, -0.05) is 66.7 Å². The van der Waals surface area contributed by atoms with Crippen molar-refractivity contribution >= 4 is 0 Å². The summed E-state index contributed by atoms with van der Waals surface area (Å²) in [6.45, 7) is 13.0. The van der Waals surface area contributed by atoms with E-state index >= 15 is 0 Å². The van der Waals surface area contributed by atoms with Crippen molar-refractivity contribution in [2.75, 3.05) is 13.2 Å². The highest BCUT2D eigenvalue weighted by atomic mass is 16.5. The Hall–Kier alpha value is -0.0800. The van der Waals surface area contributed by atoms with Gasteiger partial charge in [0.1, 0.15) is 0 Å². The van der Waals surface area contributed by atoms with Crippen LogP contribution in [-0.2, 0) is 4.74 Å². The fraction of sp³-hybridized carbons (Fsp3) is 1.00. The fourth-order valence-electron chi connectivity index (χ4n) is 1.96. The third kappa shape index (κ3) is 11.0. The van der Waals surface area contributed by atoms with Crippen molar-refractivity contribution in [2.45, 2.75) is 85.3 Å². The standard InChI is InChI=1S/C16H35NO/c1-6-7-8-9-10-11-12-18-16(14(2)3)13-17-15(4)5/h14-17H,6-13H2,1-5H3. The van der Waals surface area contributed by atoms with E-state index in [9.17, 15) is 0 Å². The zero-order valence-corrected chi connectivity index (χ0v) is 13.3. The largest absolute Gasteiger partial charge is 0.377 e. The molecule has 0 aromatic rings. The quantitative estimate of drug-likeness (QED) is 0.524. The van der Waals surface area contributed by atoms with Crippen molar-refractivity contribution < 1.29 is 4.74 Å². The molecule has 0 amide bonds. The highest BCUT2D eigenvalue weighted by molar-refractivity contribution is 4.67. The lowest BCUT2D eigenvalue weighted by atomic mass is 10.1. The molecule has 0 spiro atoms. The van der Waals surface area contributed by atoms with Crippen LogP contribution in [0, 0.1) is 5.92 Å². The second-order valence-corrected chi connectivity index (χ2v) is 5.98. The molecule has 0 heterocycles. The maximum atomic E-state index is 6.00. The SMILES string of the molecule is CCCCCCCCOC(CNC(C)C)C(C)C. The summed E-state index contributed by atoms with van der Waals surface area (Å²) < 4.78 is 6.00. The van der Waals surface area contributed by atoms with Gasteiger partial charge < -0.3 is 10.1 Å². The van der Waals surface area contributed by atoms with E-state index in [1.54, 1.807) is 0 Å². The lowest BCUT2D eigenvalue weighted by Gasteiger charge is -2.23. The summed E-state index contributed by atoms with van der Waals surface area (Å²) in [4.78, 5) is 0. The predicted molar refractivity (Wildman–Crippen MR) is 81.1 cm³/mol. The molecular weight excluding hydrogens is 222 g/mol. The number of hydrogen-bond acceptors (Lipinski definition) is 2. The third-order valence-corrected chi connectivity index (χ3v) is 3.30. The van der Waals surface area contributed by atoms with Gasteiger partial charge in [0, 0.05) is 19.2 Å². The van der Waals surface area contributed by atoms with E-state index in [4.69, 9.17) is 4.74 Å². The smallest absolute Gasteiger partial charge is 0.0722 e. The summed E-state index contributed by atoms with van der Waals surface area (Å²) in [7, 11) is 0. The minimum absolute atomic E-state index is 0.364. The van der Waals surface area contributed by atoms with Crippen LogP contribution in [0.3, 0.4) is 0 Å². The van der Waals surface area contributed by atoms with Gasteiger partial charge in [-0.3, -0.25) is 0 Å². The molecule has 0 aromatic heterocycles. The summed E-state index contributed by atoms with van der Waals surface area (Å²) in [6, 6.07) is 0.545. The van der Waals surface area contributed by atoms with Crippen LogP contribution in [0.5, 0.6) is 0 Å². The van der Waals surface area contributed by atoms with Crippen LogP contribution in [0.25, 0.3) is 0 Å². The summed E-state index contributed by atoms with van der Waals surface area (Å²) in [6.07, 6.45) is 8.37. The van der Waals surface area contributed by atoms with Crippen LogP contribution < -0.4 is 5.32 Å². The number of ether oxygens (including phenoxy) is 1. The van der Waals surface area contributed by atoms with Crippen LogP contribution in [0.1, 0.15) is 73.1 Å². The Labute approximate surface area is 115 Å². The highest BCUT2D eigenvalue weighted by Gasteiger charge is 2.13. The van der Waals surface area contributed by atoms with Crippen LogP contribution in [0.15, 0.2) is 0 Å². The van der Waals surface area contributed by atoms with E-state index in [0.717, 1.165) is 13.2 Å². The van der Waals surface area contributed by atoms with E-state index in [0.29, 0.717) is 18.1 Å². The molecule has 2 nitrogen and oxygen atoms in total. The first-order valence-electron chi connectivity index (χ1n) is 7.92. The number of rotatable bonds is 12. The average molecular weight is 257 g/mol. The van der Waals surface area contributed by atoms with Gasteiger partial charge in [0.05, 0.1) is 6.10 Å². The number of nitrogens with one attached hydrogen (secondary N) is 1. The van der Waals surface area contributed by atoms with Gasteiger partial charge >= 0.3 is 0 Å². The summed E-state index contributed by atoms with van der Waals surface area (Å²) in [5, 5.41) is 3.47. The molecule has 1 atom stereocenters. The maximum Gasteiger partial charge on any atom is 0.0722 e. The Morgan fingerprint density at radius 2 is 1.50 bits per heavy atom. The lowest BCUT2D eigenvalue weighted by molar-refractivity contribution is 0.0197. The second kappa shape index (κ2) is 12.0. The Kier molecular flexibility index (Phi) is 11.9. The van der Waals surface area contributed by atoms with Crippen LogP contribution in [-0.4, -0.2) is 25.3 Å². The molecular formula is C16H35NO. The van der Waals surface area contributed by atoms with E-state index in [1.807, 2.05) is 0 Å². The summed E-state index contributed by atoms with van der Waals surface area (Å²) >= 11 is 0. The molecule has 0 saturated carbocycles. The zero-order chi connectivity index (χ0) is 13.8. The third-order valence-electron chi connectivity index (χ3n) is 3.30. The van der Waals surface area contributed by atoms with Gasteiger partial charge in [-0.25, -0.2) is 0 Å². The molecule has 0 aliphatic rings. The fourth-order valence-corrected chi connectivity index (χ4v) is 1.96. The first-order chi connectivity index (χ1) is 8.57. The minimum Gasteiger partial charge on any atom is -0.377 e. The average Bonchev–Trinajstić information content (AvgIpc) is 2.31. The maximum absolute atomic E-state index is 6.00. The van der Waals surface area contributed by atoms with E-state index in [-0.39, 0.29) is 0 Å². The molecule has 0 aliphatic heterocycles. The van der Waals surface area contributed by atoms with E-state index in [2.05, 4.69) is 39.9 Å². The zero-order valence-electron chi connectivity index (χ0n) is 13.3. The monoisotopic (exact) mass is 257 g/mol. The van der Waals surface area contributed by atoms with Gasteiger partial charge in [0.25, 0.3) is 0 Å². The number of unbranched alkanes of at least 4 members (excludes halogenated alkanes) is 5. The summed E-state index contributed by atoms with van der Waals surface area (Å²) in [5.74, 6) is 0.594. The summed E-state index contributed by atoms with van der Waals surface area (Å²) in [5.41, 5.74) is 0. The Balaban J connectivity index is 3.52. The Bertz CT molecular complexity index is 168. The highest BCUT2D eigenvalue weighted by Crippen LogP contribution is 2.09. The van der Waals surface area contributed by atoms with Crippen LogP contribution in [0.4, 0.5) is 0 Å². The van der Waals surface area contributed by atoms with Crippen molar-refractivity contribution in [1.29, 1.82) is 0 Å². The first-order valence-corrected chi connectivity index (χ1v) is 7.92. The Morgan fingerprint density at radius 1 is 0.889 bits per heavy atom. The normalized spacial score (nSPS) is 13.5. The molecule has 18 heavy (non-hydrogen) atoms. The van der Waals surface area contributed by atoms with Gasteiger partial charge in [-0.15, -0.1) is 0 Å². The van der Waals surface area contributed by atoms with Crippen molar-refractivity contribution in [1.82, 2.24) is 5.32 Å². The minimum atomic E-state index is 0.364. The molecule has 0 fully saturated rings. The van der Waals surface area contributed by atoms with E-state index in [1.165, 1.54) is 38.5 Å². The first kappa shape index (κ1) is 17.9. The molecule has 110 valence electrons. The van der Waals surface area contributed by atoms with Crippen molar-refractivity contribution in [3.05, 3.63) is 0 Å². The van der Waals surface area contributed by atoms with Crippen LogP contribution in [0.2, 0.25) is 0 Å². The molecule has 0 aliphatic carbocycles. The molecule has 0 bridgehead atoms. The van der Waals surface area contributed by atoms with Crippen molar-refractivity contribution in [2.24, 2.45) is 5.92 Å². The topological polar surface area (TPSA) is 21.3 Å². The van der Waals surface area contributed by atoms with Gasteiger partial charge in [0.15, 0.2) is 0 Å². The molecule has 1 unspecified atom stereocenters. The molecule has 0 rings (SSSR count). The predicted octanol–water partition coefficient (Wildman–Crippen LogP) is 4.39. The molecule has 0 radical (unpaired) electrons. The number of hydrogen-bond donors (Lipinski definition) is 1. The molecule has 2 heteroatoms. The van der Waals surface area contributed by atoms with Crippen LogP contribution >= 0.6 is 0 Å². The lowest BCUT2D eigenvalue weighted by Crippen LogP contribution is -2.36.